The number of amides is 2. The largest absolute Gasteiger partial charge is 0.497 e. The van der Waals surface area contributed by atoms with Crippen LogP contribution in [0.4, 0.5) is 10.6 Å². The van der Waals surface area contributed by atoms with E-state index in [2.05, 4.69) is 11.0 Å². The van der Waals surface area contributed by atoms with Crippen molar-refractivity contribution in [2.45, 2.75) is 13.8 Å². The molecule has 0 unspecified atom stereocenters. The van der Waals surface area contributed by atoms with Gasteiger partial charge in [0, 0.05) is 44.7 Å². The van der Waals surface area contributed by atoms with Gasteiger partial charge in [-0.25, -0.2) is 9.78 Å². The maximum absolute atomic E-state index is 12.5. The SMILES string of the molecule is CCN(CC)C(=O)N1CCN(c2nc3ccc(OC)cc3cc2C#N)CC1. The van der Waals surface area contributed by atoms with E-state index in [4.69, 9.17) is 9.72 Å². The number of pyridine rings is 1. The van der Waals surface area contributed by atoms with Gasteiger partial charge < -0.3 is 19.4 Å². The molecule has 0 aliphatic carbocycles. The zero-order valence-electron chi connectivity index (χ0n) is 16.1. The summed E-state index contributed by atoms with van der Waals surface area (Å²) in [6.07, 6.45) is 0. The van der Waals surface area contributed by atoms with E-state index in [1.54, 1.807) is 7.11 Å². The maximum Gasteiger partial charge on any atom is 0.320 e. The maximum atomic E-state index is 12.5. The number of methoxy groups -OCH3 is 1. The summed E-state index contributed by atoms with van der Waals surface area (Å²) in [5.41, 5.74) is 1.37. The average molecular weight is 367 g/mol. The molecule has 1 aliphatic rings. The molecule has 1 aromatic carbocycles. The fourth-order valence-corrected chi connectivity index (χ4v) is 3.40. The summed E-state index contributed by atoms with van der Waals surface area (Å²) in [5.74, 6) is 1.43. The van der Waals surface area contributed by atoms with E-state index in [1.807, 2.05) is 47.9 Å². The second-order valence-corrected chi connectivity index (χ2v) is 6.46. The monoisotopic (exact) mass is 367 g/mol. The summed E-state index contributed by atoms with van der Waals surface area (Å²) in [4.78, 5) is 23.0. The van der Waals surface area contributed by atoms with Crippen molar-refractivity contribution < 1.29 is 9.53 Å². The van der Waals surface area contributed by atoms with Gasteiger partial charge in [0.25, 0.3) is 0 Å². The number of benzene rings is 1. The van der Waals surface area contributed by atoms with Gasteiger partial charge in [0.1, 0.15) is 17.6 Å². The van der Waals surface area contributed by atoms with E-state index in [0.717, 1.165) is 16.7 Å². The van der Waals surface area contributed by atoms with Crippen molar-refractivity contribution in [3.63, 3.8) is 0 Å². The van der Waals surface area contributed by atoms with Gasteiger partial charge in [0.15, 0.2) is 0 Å². The van der Waals surface area contributed by atoms with Crippen molar-refractivity contribution in [2.24, 2.45) is 0 Å². The predicted octanol–water partition coefficient (Wildman–Crippen LogP) is 2.70. The normalized spacial score (nSPS) is 14.1. The highest BCUT2D eigenvalue weighted by molar-refractivity contribution is 5.84. The first-order valence-corrected chi connectivity index (χ1v) is 9.29. The van der Waals surface area contributed by atoms with Crippen LogP contribution >= 0.6 is 0 Å². The molecule has 1 aliphatic heterocycles. The van der Waals surface area contributed by atoms with E-state index in [-0.39, 0.29) is 6.03 Å². The lowest BCUT2D eigenvalue weighted by atomic mass is 10.1. The van der Waals surface area contributed by atoms with Crippen molar-refractivity contribution in [1.29, 1.82) is 5.26 Å². The van der Waals surface area contributed by atoms with Gasteiger partial charge in [-0.3, -0.25) is 0 Å². The Labute approximate surface area is 159 Å². The van der Waals surface area contributed by atoms with Crippen molar-refractivity contribution >= 4 is 22.8 Å². The fraction of sp³-hybridized carbons (Fsp3) is 0.450. The number of urea groups is 1. The standard InChI is InChI=1S/C20H25N5O2/c1-4-23(5-2)20(26)25-10-8-24(9-11-25)19-16(14-21)12-15-13-17(27-3)6-7-18(15)22-19/h6-7,12-13H,4-5,8-11H2,1-3H3. The number of nitrogens with zero attached hydrogens (tertiary/aromatic N) is 5. The third kappa shape index (κ3) is 3.75. The number of fused-ring (bicyclic) bond motifs is 1. The van der Waals surface area contributed by atoms with Crippen LogP contribution in [0.5, 0.6) is 5.75 Å². The molecule has 0 bridgehead atoms. The summed E-state index contributed by atoms with van der Waals surface area (Å²) in [7, 11) is 1.62. The van der Waals surface area contributed by atoms with Crippen LogP contribution in [0.1, 0.15) is 19.4 Å². The number of hydrogen-bond acceptors (Lipinski definition) is 5. The van der Waals surface area contributed by atoms with Crippen LogP contribution in [-0.4, -0.2) is 67.2 Å². The minimum atomic E-state index is 0.0822. The summed E-state index contributed by atoms with van der Waals surface area (Å²) >= 11 is 0. The summed E-state index contributed by atoms with van der Waals surface area (Å²) < 4.78 is 5.25. The molecule has 0 N–H and O–H groups in total. The molecule has 2 aromatic rings. The smallest absolute Gasteiger partial charge is 0.320 e. The predicted molar refractivity (Wildman–Crippen MR) is 105 cm³/mol. The molecule has 0 saturated carbocycles. The molecule has 7 nitrogen and oxygen atoms in total. The van der Waals surface area contributed by atoms with Gasteiger partial charge in [-0.05, 0) is 38.1 Å². The van der Waals surface area contributed by atoms with Gasteiger partial charge in [0.05, 0.1) is 18.2 Å². The number of ether oxygens (including phenoxy) is 1. The van der Waals surface area contributed by atoms with E-state index in [0.29, 0.717) is 50.6 Å². The first-order valence-electron chi connectivity index (χ1n) is 9.29. The Morgan fingerprint density at radius 1 is 1.22 bits per heavy atom. The van der Waals surface area contributed by atoms with Crippen LogP contribution < -0.4 is 9.64 Å². The molecule has 3 rings (SSSR count). The number of aromatic nitrogens is 1. The molecule has 1 aromatic heterocycles. The van der Waals surface area contributed by atoms with E-state index in [9.17, 15) is 10.1 Å². The quantitative estimate of drug-likeness (QED) is 0.831. The van der Waals surface area contributed by atoms with Crippen LogP contribution in [0.15, 0.2) is 24.3 Å². The highest BCUT2D eigenvalue weighted by atomic mass is 16.5. The zero-order valence-corrected chi connectivity index (χ0v) is 16.1. The van der Waals surface area contributed by atoms with Gasteiger partial charge in [-0.1, -0.05) is 0 Å². The second kappa shape index (κ2) is 8.12. The first kappa shape index (κ1) is 18.8. The summed E-state index contributed by atoms with van der Waals surface area (Å²) in [6.45, 7) is 7.99. The Balaban J connectivity index is 1.80. The number of anilines is 1. The molecule has 2 heterocycles. The van der Waals surface area contributed by atoms with Crippen LogP contribution in [0, 0.1) is 11.3 Å². The van der Waals surface area contributed by atoms with Crippen LogP contribution in [0.3, 0.4) is 0 Å². The summed E-state index contributed by atoms with van der Waals surface area (Å²) in [5, 5.41) is 10.5. The molecule has 0 spiro atoms. The second-order valence-electron chi connectivity index (χ2n) is 6.46. The highest BCUT2D eigenvalue weighted by Gasteiger charge is 2.26. The topological polar surface area (TPSA) is 72.7 Å². The molecule has 2 amide bonds. The van der Waals surface area contributed by atoms with Crippen LogP contribution in [-0.2, 0) is 0 Å². The van der Waals surface area contributed by atoms with Crippen molar-refractivity contribution in [1.82, 2.24) is 14.8 Å². The average Bonchev–Trinajstić information content (AvgIpc) is 2.73. The Morgan fingerprint density at radius 2 is 1.93 bits per heavy atom. The molecular formula is C20H25N5O2. The zero-order chi connectivity index (χ0) is 19.4. The van der Waals surface area contributed by atoms with Crippen LogP contribution in [0.25, 0.3) is 10.9 Å². The van der Waals surface area contributed by atoms with Crippen molar-refractivity contribution in [2.75, 3.05) is 51.3 Å². The minimum Gasteiger partial charge on any atom is -0.497 e. The van der Waals surface area contributed by atoms with Gasteiger partial charge in [-0.2, -0.15) is 5.26 Å². The molecule has 7 heteroatoms. The van der Waals surface area contributed by atoms with Gasteiger partial charge in [0.2, 0.25) is 0 Å². The number of hydrogen-bond donors (Lipinski definition) is 0. The first-order chi connectivity index (χ1) is 13.1. The lowest BCUT2D eigenvalue weighted by Crippen LogP contribution is -2.53. The van der Waals surface area contributed by atoms with Crippen LogP contribution in [0.2, 0.25) is 0 Å². The van der Waals surface area contributed by atoms with Gasteiger partial charge in [-0.15, -0.1) is 0 Å². The molecular weight excluding hydrogens is 342 g/mol. The molecule has 1 saturated heterocycles. The Hall–Kier alpha value is -3.01. The Bertz CT molecular complexity index is 865. The molecule has 27 heavy (non-hydrogen) atoms. The number of nitriles is 1. The van der Waals surface area contributed by atoms with E-state index >= 15 is 0 Å². The lowest BCUT2D eigenvalue weighted by molar-refractivity contribution is 0.154. The van der Waals surface area contributed by atoms with Gasteiger partial charge >= 0.3 is 6.03 Å². The number of piperazine rings is 1. The Kier molecular flexibility index (Phi) is 5.65. The summed E-state index contributed by atoms with van der Waals surface area (Å²) in [6, 6.07) is 9.85. The number of rotatable bonds is 4. The molecule has 0 atom stereocenters. The van der Waals surface area contributed by atoms with Crippen molar-refractivity contribution in [3.8, 4) is 11.8 Å². The third-order valence-electron chi connectivity index (χ3n) is 5.01. The third-order valence-corrected chi connectivity index (χ3v) is 5.01. The number of carbonyl (C=O) groups is 1. The highest BCUT2D eigenvalue weighted by Crippen LogP contribution is 2.27. The van der Waals surface area contributed by atoms with Crippen molar-refractivity contribution in [3.05, 3.63) is 29.8 Å². The molecule has 1 fully saturated rings. The molecule has 142 valence electrons. The minimum absolute atomic E-state index is 0.0822. The fourth-order valence-electron chi connectivity index (χ4n) is 3.40. The Morgan fingerprint density at radius 3 is 2.52 bits per heavy atom. The van der Waals surface area contributed by atoms with E-state index < -0.39 is 0 Å². The lowest BCUT2D eigenvalue weighted by Gasteiger charge is -2.37. The molecule has 0 radical (unpaired) electrons. The van der Waals surface area contributed by atoms with E-state index in [1.165, 1.54) is 0 Å². The number of carbonyl (C=O) groups excluding carboxylic acids is 1.